The van der Waals surface area contributed by atoms with Gasteiger partial charge in [0.1, 0.15) is 6.54 Å². The predicted octanol–water partition coefficient (Wildman–Crippen LogP) is 2.94. The molecule has 1 amide bonds. The molecule has 3 heterocycles. The second kappa shape index (κ2) is 6.64. The maximum Gasteiger partial charge on any atom is 0.242 e. The van der Waals surface area contributed by atoms with Gasteiger partial charge < -0.3 is 9.47 Å². The molecule has 0 bridgehead atoms. The van der Waals surface area contributed by atoms with Gasteiger partial charge in [0.15, 0.2) is 0 Å². The van der Waals surface area contributed by atoms with Crippen molar-refractivity contribution in [3.05, 3.63) is 83.9 Å². The summed E-state index contributed by atoms with van der Waals surface area (Å²) in [6, 6.07) is 16.3. The molecule has 5 rings (SSSR count). The number of hydrogen-bond donors (Lipinski definition) is 0. The Morgan fingerprint density at radius 1 is 1.14 bits per heavy atom. The molecule has 0 aliphatic carbocycles. The van der Waals surface area contributed by atoms with Crippen LogP contribution in [0.15, 0.2) is 67.3 Å². The normalized spacial score (nSPS) is 16.3. The highest BCUT2D eigenvalue weighted by atomic mass is 16.2. The highest BCUT2D eigenvalue weighted by molar-refractivity contribution is 5.81. The van der Waals surface area contributed by atoms with E-state index in [0.29, 0.717) is 19.6 Å². The van der Waals surface area contributed by atoms with E-state index in [1.807, 2.05) is 63.9 Å². The van der Waals surface area contributed by atoms with Gasteiger partial charge >= 0.3 is 0 Å². The minimum Gasteiger partial charge on any atom is -0.336 e. The van der Waals surface area contributed by atoms with E-state index in [-0.39, 0.29) is 11.8 Å². The number of imidazole rings is 1. The van der Waals surface area contributed by atoms with Crippen LogP contribution in [0.1, 0.15) is 22.6 Å². The fraction of sp³-hybridized carbons (Fsp3) is 0.227. The zero-order valence-electron chi connectivity index (χ0n) is 15.7. The van der Waals surface area contributed by atoms with Gasteiger partial charge in [0.05, 0.1) is 23.6 Å². The fourth-order valence-corrected chi connectivity index (χ4v) is 4.08. The largest absolute Gasteiger partial charge is 0.336 e. The Bertz CT molecular complexity index is 1160. The number of aromatic nitrogens is 4. The van der Waals surface area contributed by atoms with Crippen LogP contribution < -0.4 is 0 Å². The van der Waals surface area contributed by atoms with Gasteiger partial charge in [-0.2, -0.15) is 5.10 Å². The molecule has 0 saturated heterocycles. The number of amides is 1. The molecular formula is C22H21N5O. The van der Waals surface area contributed by atoms with Crippen LogP contribution in [0.2, 0.25) is 0 Å². The van der Waals surface area contributed by atoms with Crippen molar-refractivity contribution in [2.24, 2.45) is 7.05 Å². The third-order valence-corrected chi connectivity index (χ3v) is 5.51. The minimum atomic E-state index is 0.103. The molecular weight excluding hydrogens is 350 g/mol. The van der Waals surface area contributed by atoms with E-state index < -0.39 is 0 Å². The van der Waals surface area contributed by atoms with Crippen LogP contribution in [-0.4, -0.2) is 36.7 Å². The average Bonchev–Trinajstić information content (AvgIpc) is 3.33. The highest BCUT2D eigenvalue weighted by Crippen LogP contribution is 2.33. The van der Waals surface area contributed by atoms with Gasteiger partial charge in [0.25, 0.3) is 0 Å². The zero-order chi connectivity index (χ0) is 19.1. The van der Waals surface area contributed by atoms with Crippen molar-refractivity contribution in [1.29, 1.82) is 0 Å². The molecule has 0 fully saturated rings. The summed E-state index contributed by atoms with van der Waals surface area (Å²) in [4.78, 5) is 19.5. The molecule has 1 unspecified atom stereocenters. The summed E-state index contributed by atoms with van der Waals surface area (Å²) in [6.07, 6.45) is 5.69. The Hall–Kier alpha value is -3.41. The first kappa shape index (κ1) is 16.7. The Morgan fingerprint density at radius 3 is 2.82 bits per heavy atom. The maximum absolute atomic E-state index is 13.2. The lowest BCUT2D eigenvalue weighted by Crippen LogP contribution is -2.40. The first-order chi connectivity index (χ1) is 13.7. The standard InChI is InChI=1S/C22H21N5O/c1-25-11-17(10-24-25)19-13-26(12-16-6-2-3-7-18(16)19)22(28)14-27-15-23-20-8-4-5-9-21(20)27/h2-11,15,19H,12-14H2,1H3. The predicted molar refractivity (Wildman–Crippen MR) is 107 cm³/mol. The van der Waals surface area contributed by atoms with Crippen molar-refractivity contribution in [2.45, 2.75) is 19.0 Å². The third-order valence-electron chi connectivity index (χ3n) is 5.51. The van der Waals surface area contributed by atoms with E-state index in [1.165, 1.54) is 11.1 Å². The van der Waals surface area contributed by atoms with Crippen LogP contribution in [0.25, 0.3) is 11.0 Å². The Labute approximate surface area is 163 Å². The molecule has 6 nitrogen and oxygen atoms in total. The molecule has 4 aromatic rings. The summed E-state index contributed by atoms with van der Waals surface area (Å²) < 4.78 is 3.74. The molecule has 1 aliphatic rings. The van der Waals surface area contributed by atoms with Gasteiger partial charge in [-0.1, -0.05) is 36.4 Å². The van der Waals surface area contributed by atoms with E-state index in [4.69, 9.17) is 0 Å². The first-order valence-electron chi connectivity index (χ1n) is 9.43. The van der Waals surface area contributed by atoms with Crippen molar-refractivity contribution in [3.63, 3.8) is 0 Å². The summed E-state index contributed by atoms with van der Waals surface area (Å²) in [6.45, 7) is 1.59. The van der Waals surface area contributed by atoms with Crippen LogP contribution in [0.3, 0.4) is 0 Å². The van der Waals surface area contributed by atoms with Gasteiger partial charge in [-0.25, -0.2) is 4.98 Å². The van der Waals surface area contributed by atoms with Crippen LogP contribution in [0, 0.1) is 0 Å². The summed E-state index contributed by atoms with van der Waals surface area (Å²) >= 11 is 0. The van der Waals surface area contributed by atoms with Gasteiger partial charge in [0.2, 0.25) is 5.91 Å². The average molecular weight is 371 g/mol. The van der Waals surface area contributed by atoms with Crippen LogP contribution in [0.4, 0.5) is 0 Å². The maximum atomic E-state index is 13.2. The van der Waals surface area contributed by atoms with E-state index in [1.54, 1.807) is 6.33 Å². The lowest BCUT2D eigenvalue weighted by molar-refractivity contribution is -0.132. The molecule has 6 heteroatoms. The van der Waals surface area contributed by atoms with E-state index in [9.17, 15) is 4.79 Å². The lowest BCUT2D eigenvalue weighted by Gasteiger charge is -2.34. The molecule has 1 atom stereocenters. The van der Waals surface area contributed by atoms with Gasteiger partial charge in [-0.3, -0.25) is 9.48 Å². The molecule has 2 aromatic heterocycles. The number of nitrogens with zero attached hydrogens (tertiary/aromatic N) is 5. The van der Waals surface area contributed by atoms with E-state index in [0.717, 1.165) is 16.6 Å². The first-order valence-corrected chi connectivity index (χ1v) is 9.43. The zero-order valence-corrected chi connectivity index (χ0v) is 15.7. The highest BCUT2D eigenvalue weighted by Gasteiger charge is 2.29. The van der Waals surface area contributed by atoms with Crippen molar-refractivity contribution < 1.29 is 4.79 Å². The SMILES string of the molecule is Cn1cc(C2CN(C(=O)Cn3cnc4ccccc43)Cc3ccccc32)cn1. The monoisotopic (exact) mass is 371 g/mol. The number of fused-ring (bicyclic) bond motifs is 2. The molecule has 0 spiro atoms. The summed E-state index contributed by atoms with van der Waals surface area (Å²) in [5, 5.41) is 4.33. The Morgan fingerprint density at radius 2 is 1.96 bits per heavy atom. The topological polar surface area (TPSA) is 56.0 Å². The van der Waals surface area contributed by atoms with Gasteiger partial charge in [-0.15, -0.1) is 0 Å². The van der Waals surface area contributed by atoms with Crippen LogP contribution in [-0.2, 0) is 24.9 Å². The lowest BCUT2D eigenvalue weighted by atomic mass is 9.86. The molecule has 140 valence electrons. The molecule has 0 radical (unpaired) electrons. The number of para-hydroxylation sites is 2. The van der Waals surface area contributed by atoms with Crippen LogP contribution in [0.5, 0.6) is 0 Å². The van der Waals surface area contributed by atoms with Crippen molar-refractivity contribution in [3.8, 4) is 0 Å². The number of hydrogen-bond acceptors (Lipinski definition) is 3. The second-order valence-electron chi connectivity index (χ2n) is 7.33. The van der Waals surface area contributed by atoms with Gasteiger partial charge in [0, 0.05) is 32.3 Å². The van der Waals surface area contributed by atoms with Gasteiger partial charge in [-0.05, 0) is 28.8 Å². The van der Waals surface area contributed by atoms with Crippen LogP contribution >= 0.6 is 0 Å². The van der Waals surface area contributed by atoms with Crippen molar-refractivity contribution >= 4 is 16.9 Å². The van der Waals surface area contributed by atoms with Crippen molar-refractivity contribution in [2.75, 3.05) is 6.54 Å². The van der Waals surface area contributed by atoms with Crippen molar-refractivity contribution in [1.82, 2.24) is 24.2 Å². The smallest absolute Gasteiger partial charge is 0.242 e. The fourth-order valence-electron chi connectivity index (χ4n) is 4.08. The minimum absolute atomic E-state index is 0.103. The summed E-state index contributed by atoms with van der Waals surface area (Å²) in [5.74, 6) is 0.244. The quantitative estimate of drug-likeness (QED) is 0.556. The Balaban J connectivity index is 1.45. The van der Waals surface area contributed by atoms with E-state index in [2.05, 4.69) is 28.3 Å². The molecule has 0 N–H and O–H groups in total. The third kappa shape index (κ3) is 2.87. The Kier molecular flexibility index (Phi) is 3.97. The number of aryl methyl sites for hydroxylation is 1. The number of benzene rings is 2. The number of rotatable bonds is 3. The van der Waals surface area contributed by atoms with E-state index >= 15 is 0 Å². The number of carbonyl (C=O) groups excluding carboxylic acids is 1. The summed E-state index contributed by atoms with van der Waals surface area (Å²) in [5.41, 5.74) is 5.52. The molecule has 28 heavy (non-hydrogen) atoms. The molecule has 1 aliphatic heterocycles. The number of carbonyl (C=O) groups is 1. The molecule has 0 saturated carbocycles. The second-order valence-corrected chi connectivity index (χ2v) is 7.33. The summed E-state index contributed by atoms with van der Waals surface area (Å²) in [7, 11) is 1.92. The molecule has 2 aromatic carbocycles.